The number of ether oxygens (including phenoxy) is 1. The molecule has 1 saturated heterocycles. The van der Waals surface area contributed by atoms with Crippen LogP contribution < -0.4 is 5.32 Å². The summed E-state index contributed by atoms with van der Waals surface area (Å²) in [5.74, 6) is -2.17. The van der Waals surface area contributed by atoms with Crippen LogP contribution in [0.15, 0.2) is 65.2 Å². The van der Waals surface area contributed by atoms with Crippen molar-refractivity contribution in [2.75, 3.05) is 6.54 Å². The Morgan fingerprint density at radius 1 is 1.26 bits per heavy atom. The minimum absolute atomic E-state index is 0.0552. The molecule has 0 saturated carbocycles. The van der Waals surface area contributed by atoms with Gasteiger partial charge in [0.15, 0.2) is 6.04 Å². The van der Waals surface area contributed by atoms with Gasteiger partial charge in [-0.3, -0.25) is 9.59 Å². The molecule has 0 aromatic heterocycles. The molecule has 39 heavy (non-hydrogen) atoms. The lowest BCUT2D eigenvalue weighted by Gasteiger charge is -2.44. The number of carbonyl (C=O) groups is 2. The van der Waals surface area contributed by atoms with Crippen LogP contribution >= 0.6 is 0 Å². The largest absolute Gasteiger partial charge is 0.481 e. The third-order valence-electron chi connectivity index (χ3n) is 9.14. The SMILES string of the molecule is CCC(O)(C1=CC(=O)C2=C(C1)CC1C[N+]3(F)C(OCc4ccccc4)=CCCC3C1N2)C(C(=O)O)C(C)(C)C. The van der Waals surface area contributed by atoms with Crippen LogP contribution in [-0.4, -0.2) is 50.9 Å². The predicted octanol–water partition coefficient (Wildman–Crippen LogP) is 4.94. The van der Waals surface area contributed by atoms with Gasteiger partial charge in [0, 0.05) is 22.9 Å². The molecule has 1 aromatic carbocycles. The number of allylic oxidation sites excluding steroid dienone is 3. The number of hydrogen-bond donors (Lipinski definition) is 3. The molecule has 8 heteroatoms. The number of carboxylic acids is 1. The van der Waals surface area contributed by atoms with Crippen LogP contribution in [0.1, 0.15) is 65.4 Å². The summed E-state index contributed by atoms with van der Waals surface area (Å²) >= 11 is 0. The Bertz CT molecular complexity index is 1250. The molecule has 6 atom stereocenters. The van der Waals surface area contributed by atoms with Gasteiger partial charge in [0.05, 0.1) is 23.3 Å². The van der Waals surface area contributed by atoms with E-state index in [9.17, 15) is 19.8 Å². The van der Waals surface area contributed by atoms with Crippen molar-refractivity contribution in [1.29, 1.82) is 0 Å². The zero-order chi connectivity index (χ0) is 28.2. The predicted molar refractivity (Wildman–Crippen MR) is 144 cm³/mol. The van der Waals surface area contributed by atoms with Crippen LogP contribution in [0.4, 0.5) is 4.48 Å². The fourth-order valence-electron chi connectivity index (χ4n) is 7.42. The summed E-state index contributed by atoms with van der Waals surface area (Å²) in [6, 6.07) is 9.14. The van der Waals surface area contributed by atoms with Gasteiger partial charge in [0.25, 0.3) is 0 Å². The molecule has 5 rings (SSSR count). The third kappa shape index (κ3) is 4.72. The summed E-state index contributed by atoms with van der Waals surface area (Å²) in [5.41, 5.74) is 0.315. The van der Waals surface area contributed by atoms with Crippen LogP contribution in [0.25, 0.3) is 0 Å². The molecular weight excluding hydrogens is 499 g/mol. The van der Waals surface area contributed by atoms with Gasteiger partial charge in [0.1, 0.15) is 13.2 Å². The number of aliphatic hydroxyl groups is 1. The molecule has 1 aliphatic carbocycles. The van der Waals surface area contributed by atoms with Crippen molar-refractivity contribution in [3.8, 4) is 0 Å². The second-order valence-corrected chi connectivity index (χ2v) is 12.7. The van der Waals surface area contributed by atoms with E-state index < -0.39 is 27.6 Å². The van der Waals surface area contributed by atoms with Gasteiger partial charge in [0.2, 0.25) is 5.78 Å². The third-order valence-corrected chi connectivity index (χ3v) is 9.14. The van der Waals surface area contributed by atoms with Crippen molar-refractivity contribution >= 4 is 11.8 Å². The molecule has 210 valence electrons. The van der Waals surface area contributed by atoms with Gasteiger partial charge in [-0.2, -0.15) is 0 Å². The highest BCUT2D eigenvalue weighted by atomic mass is 19.2. The standard InChI is InChI=1S/C31H39FN2O5/c1-5-31(38,28(29(36)37)30(2,3)4)22-15-20-14-21-17-34(32)23(26(21)33-27(20)24(35)16-22)12-9-13-25(34)39-18-19-10-7-6-8-11-19/h6-8,10-11,13,16,21,23,26,28,33,38H,5,9,12,14-15,17-18H2,1-4H3/p+1. The van der Waals surface area contributed by atoms with Crippen molar-refractivity contribution in [2.24, 2.45) is 17.3 Å². The van der Waals surface area contributed by atoms with Crippen LogP contribution in [-0.2, 0) is 20.9 Å². The van der Waals surface area contributed by atoms with Gasteiger partial charge in [-0.05, 0) is 53.9 Å². The van der Waals surface area contributed by atoms with Gasteiger partial charge in [-0.1, -0.05) is 62.7 Å². The topological polar surface area (TPSA) is 95.9 Å². The summed E-state index contributed by atoms with van der Waals surface area (Å²) in [4.78, 5) is 25.7. The number of fused-ring (bicyclic) bond motifs is 3. The number of halogens is 1. The number of aliphatic carboxylic acids is 1. The highest BCUT2D eigenvalue weighted by molar-refractivity contribution is 6.06. The normalized spacial score (nSPS) is 30.6. The molecule has 6 unspecified atom stereocenters. The summed E-state index contributed by atoms with van der Waals surface area (Å²) in [6.45, 7) is 7.66. The number of quaternary nitrogens is 1. The molecule has 0 radical (unpaired) electrons. The van der Waals surface area contributed by atoms with Gasteiger partial charge in [-0.25, -0.2) is 0 Å². The average molecular weight is 540 g/mol. The Labute approximate surface area is 229 Å². The van der Waals surface area contributed by atoms with Gasteiger partial charge >= 0.3 is 11.9 Å². The second kappa shape index (κ2) is 9.89. The lowest BCUT2D eigenvalue weighted by Crippen LogP contribution is -2.54. The smallest absolute Gasteiger partial charge is 0.327 e. The number of hydrogen-bond acceptors (Lipinski definition) is 5. The van der Waals surface area contributed by atoms with E-state index in [1.807, 2.05) is 36.4 Å². The van der Waals surface area contributed by atoms with Crippen LogP contribution in [0.2, 0.25) is 0 Å². The lowest BCUT2D eigenvalue weighted by molar-refractivity contribution is -1.05. The van der Waals surface area contributed by atoms with Gasteiger partial charge < -0.3 is 20.3 Å². The number of ketones is 1. The van der Waals surface area contributed by atoms with E-state index in [0.717, 1.165) is 11.1 Å². The fraction of sp³-hybridized carbons (Fsp3) is 0.548. The molecule has 1 aromatic rings. The molecule has 1 fully saturated rings. The van der Waals surface area contributed by atoms with Crippen molar-refractivity contribution in [3.05, 3.63) is 70.8 Å². The Balaban J connectivity index is 1.37. The van der Waals surface area contributed by atoms with Crippen molar-refractivity contribution in [2.45, 2.75) is 84.1 Å². The van der Waals surface area contributed by atoms with E-state index in [-0.39, 0.29) is 36.8 Å². The van der Waals surface area contributed by atoms with E-state index in [2.05, 4.69) is 5.32 Å². The number of rotatable bonds is 7. The zero-order valence-corrected chi connectivity index (χ0v) is 23.2. The Hall–Kier alpha value is -2.97. The number of carboxylic acid groups (broad SMARTS) is 1. The van der Waals surface area contributed by atoms with E-state index in [4.69, 9.17) is 4.74 Å². The molecule has 4 aliphatic rings. The average Bonchev–Trinajstić information content (AvgIpc) is 3.17. The zero-order valence-electron chi connectivity index (χ0n) is 23.2. The molecule has 0 spiro atoms. The minimum Gasteiger partial charge on any atom is -0.481 e. The van der Waals surface area contributed by atoms with E-state index in [0.29, 0.717) is 49.4 Å². The van der Waals surface area contributed by atoms with E-state index in [1.165, 1.54) is 6.08 Å². The summed E-state index contributed by atoms with van der Waals surface area (Å²) < 4.78 is 22.0. The molecule has 0 bridgehead atoms. The maximum absolute atomic E-state index is 16.7. The quantitative estimate of drug-likeness (QED) is 0.425. The highest BCUT2D eigenvalue weighted by Crippen LogP contribution is 2.50. The number of carbonyl (C=O) groups excluding carboxylic acids is 1. The molecule has 3 N–H and O–H groups in total. The number of benzene rings is 1. The Morgan fingerprint density at radius 2 is 1.97 bits per heavy atom. The second-order valence-electron chi connectivity index (χ2n) is 12.7. The van der Waals surface area contributed by atoms with Gasteiger partial charge in [-0.15, -0.1) is 0 Å². The highest BCUT2D eigenvalue weighted by Gasteiger charge is 2.62. The number of nitrogens with one attached hydrogen (secondary N) is 1. The minimum atomic E-state index is -1.67. The summed E-state index contributed by atoms with van der Waals surface area (Å²) in [7, 11) is 0. The van der Waals surface area contributed by atoms with E-state index in [1.54, 1.807) is 27.7 Å². The van der Waals surface area contributed by atoms with Crippen LogP contribution in [0, 0.1) is 17.3 Å². The van der Waals surface area contributed by atoms with E-state index >= 15 is 4.48 Å². The number of nitrogens with zero attached hydrogens (tertiary/aromatic N) is 1. The fourth-order valence-corrected chi connectivity index (χ4v) is 7.42. The van der Waals surface area contributed by atoms with Crippen LogP contribution in [0.5, 0.6) is 0 Å². The molecule has 0 amide bonds. The first-order valence-corrected chi connectivity index (χ1v) is 14.0. The Kier molecular flexibility index (Phi) is 7.00. The summed E-state index contributed by atoms with van der Waals surface area (Å²) in [5, 5.41) is 25.2. The maximum Gasteiger partial charge on any atom is 0.327 e. The van der Waals surface area contributed by atoms with Crippen molar-refractivity contribution in [3.63, 3.8) is 0 Å². The summed E-state index contributed by atoms with van der Waals surface area (Å²) in [6.07, 6.45) is 5.62. The molecule has 3 aliphatic heterocycles. The maximum atomic E-state index is 16.7. The first-order chi connectivity index (χ1) is 18.4. The molecule has 3 heterocycles. The lowest BCUT2D eigenvalue weighted by atomic mass is 9.64. The molecule has 7 nitrogen and oxygen atoms in total. The van der Waals surface area contributed by atoms with Crippen molar-refractivity contribution in [1.82, 2.24) is 5.32 Å². The molecular formula is C31H40FN2O5+. The monoisotopic (exact) mass is 539 g/mol. The Morgan fingerprint density at radius 3 is 2.62 bits per heavy atom. The van der Waals surface area contributed by atoms with Crippen molar-refractivity contribution < 1.29 is 33.7 Å². The van der Waals surface area contributed by atoms with Crippen LogP contribution in [0.3, 0.4) is 0 Å². The first-order valence-electron chi connectivity index (χ1n) is 14.0. The first kappa shape index (κ1) is 27.6.